The maximum atomic E-state index is 9.24. The van der Waals surface area contributed by atoms with E-state index in [0.29, 0.717) is 13.1 Å². The van der Waals surface area contributed by atoms with Gasteiger partial charge in [0.25, 0.3) is 0 Å². The smallest absolute Gasteiger partial charge is 0.124 e. The molecule has 1 fully saturated rings. The van der Waals surface area contributed by atoms with Crippen molar-refractivity contribution < 1.29 is 10.2 Å². The van der Waals surface area contributed by atoms with Gasteiger partial charge in [0, 0.05) is 19.2 Å². The zero-order chi connectivity index (χ0) is 8.55. The topological polar surface area (TPSA) is 72.4 Å². The SMILES string of the molecule is O[C@@H]1CN(c2ccn[nH]2)C[C@@H]1O. The normalized spacial score (nSPS) is 29.7. The quantitative estimate of drug-likeness (QED) is 0.501. The van der Waals surface area contributed by atoms with Gasteiger partial charge in [0.15, 0.2) is 0 Å². The van der Waals surface area contributed by atoms with E-state index in [1.807, 2.05) is 11.0 Å². The first-order chi connectivity index (χ1) is 5.77. The summed E-state index contributed by atoms with van der Waals surface area (Å²) in [5.41, 5.74) is 0. The predicted octanol–water partition coefficient (Wildman–Crippen LogP) is -1.05. The van der Waals surface area contributed by atoms with E-state index in [0.717, 1.165) is 5.82 Å². The molecule has 0 radical (unpaired) electrons. The van der Waals surface area contributed by atoms with Crippen LogP contribution in [0.3, 0.4) is 0 Å². The highest BCUT2D eigenvalue weighted by atomic mass is 16.3. The van der Waals surface area contributed by atoms with E-state index < -0.39 is 12.2 Å². The minimum absolute atomic E-state index is 0.462. The number of hydrogen-bond donors (Lipinski definition) is 3. The highest BCUT2D eigenvalue weighted by molar-refractivity contribution is 5.38. The van der Waals surface area contributed by atoms with Crippen molar-refractivity contribution in [3.05, 3.63) is 12.3 Å². The molecule has 0 saturated carbocycles. The molecular weight excluding hydrogens is 158 g/mol. The van der Waals surface area contributed by atoms with Gasteiger partial charge in [-0.05, 0) is 0 Å². The van der Waals surface area contributed by atoms with E-state index >= 15 is 0 Å². The van der Waals surface area contributed by atoms with Crippen LogP contribution in [0.1, 0.15) is 0 Å². The third-order valence-corrected chi connectivity index (χ3v) is 2.09. The fourth-order valence-corrected chi connectivity index (χ4v) is 1.39. The number of anilines is 1. The Kier molecular flexibility index (Phi) is 1.74. The molecule has 2 heterocycles. The highest BCUT2D eigenvalue weighted by Crippen LogP contribution is 2.16. The lowest BCUT2D eigenvalue weighted by molar-refractivity contribution is 0.0572. The summed E-state index contributed by atoms with van der Waals surface area (Å²) in [5.74, 6) is 0.839. The van der Waals surface area contributed by atoms with Crippen LogP contribution in [0.25, 0.3) is 0 Å². The van der Waals surface area contributed by atoms with Gasteiger partial charge in [-0.2, -0.15) is 5.10 Å². The Bertz CT molecular complexity index is 239. The molecule has 1 aliphatic rings. The van der Waals surface area contributed by atoms with Crippen LogP contribution in [0.15, 0.2) is 12.3 Å². The average molecular weight is 169 g/mol. The Labute approximate surface area is 69.6 Å². The molecule has 0 spiro atoms. The highest BCUT2D eigenvalue weighted by Gasteiger charge is 2.29. The molecule has 0 aromatic carbocycles. The lowest BCUT2D eigenvalue weighted by Crippen LogP contribution is -2.22. The van der Waals surface area contributed by atoms with Gasteiger partial charge in [0.05, 0.1) is 18.4 Å². The number of H-pyrrole nitrogens is 1. The number of aliphatic hydroxyl groups excluding tert-OH is 2. The van der Waals surface area contributed by atoms with Gasteiger partial charge in [-0.15, -0.1) is 0 Å². The predicted molar refractivity (Wildman–Crippen MR) is 42.8 cm³/mol. The first kappa shape index (κ1) is 7.57. The number of hydrogen-bond acceptors (Lipinski definition) is 4. The van der Waals surface area contributed by atoms with E-state index in [-0.39, 0.29) is 0 Å². The van der Waals surface area contributed by atoms with Crippen molar-refractivity contribution in [2.24, 2.45) is 0 Å². The number of aromatic nitrogens is 2. The molecule has 66 valence electrons. The van der Waals surface area contributed by atoms with Crippen LogP contribution in [0.2, 0.25) is 0 Å². The Balaban J connectivity index is 2.09. The Morgan fingerprint density at radius 1 is 1.42 bits per heavy atom. The van der Waals surface area contributed by atoms with Gasteiger partial charge < -0.3 is 15.1 Å². The fraction of sp³-hybridized carbons (Fsp3) is 0.571. The van der Waals surface area contributed by atoms with Crippen molar-refractivity contribution in [2.45, 2.75) is 12.2 Å². The van der Waals surface area contributed by atoms with Crippen molar-refractivity contribution >= 4 is 5.82 Å². The first-order valence-corrected chi connectivity index (χ1v) is 3.88. The molecule has 1 aromatic rings. The van der Waals surface area contributed by atoms with Crippen LogP contribution in [0.5, 0.6) is 0 Å². The monoisotopic (exact) mass is 169 g/mol. The fourth-order valence-electron chi connectivity index (χ4n) is 1.39. The maximum absolute atomic E-state index is 9.24. The standard InChI is InChI=1S/C7H11N3O2/c11-5-3-10(4-6(5)12)7-1-2-8-9-7/h1-2,5-6,11-12H,3-4H2,(H,8,9)/t5-,6+. The summed E-state index contributed by atoms with van der Waals surface area (Å²) >= 11 is 0. The van der Waals surface area contributed by atoms with Gasteiger partial charge in [-0.1, -0.05) is 0 Å². The summed E-state index contributed by atoms with van der Waals surface area (Å²) in [4.78, 5) is 1.86. The van der Waals surface area contributed by atoms with Gasteiger partial charge in [0.1, 0.15) is 5.82 Å². The number of aliphatic hydroxyl groups is 2. The van der Waals surface area contributed by atoms with E-state index in [4.69, 9.17) is 0 Å². The summed E-state index contributed by atoms with van der Waals surface area (Å²) in [5, 5.41) is 25.0. The molecule has 12 heavy (non-hydrogen) atoms. The number of rotatable bonds is 1. The minimum atomic E-state index is -0.645. The van der Waals surface area contributed by atoms with Crippen LogP contribution in [0, 0.1) is 0 Å². The molecule has 0 aliphatic carbocycles. The van der Waals surface area contributed by atoms with E-state index in [9.17, 15) is 10.2 Å². The maximum Gasteiger partial charge on any atom is 0.124 e. The lowest BCUT2D eigenvalue weighted by atomic mass is 10.3. The summed E-state index contributed by atoms with van der Waals surface area (Å²) in [6, 6.07) is 1.81. The van der Waals surface area contributed by atoms with Crippen molar-refractivity contribution in [2.75, 3.05) is 18.0 Å². The summed E-state index contributed by atoms with van der Waals surface area (Å²) in [6.07, 6.45) is 0.355. The summed E-state index contributed by atoms with van der Waals surface area (Å²) in [6.45, 7) is 0.923. The zero-order valence-corrected chi connectivity index (χ0v) is 6.51. The van der Waals surface area contributed by atoms with Crippen LogP contribution in [-0.4, -0.2) is 45.7 Å². The Morgan fingerprint density at radius 3 is 2.58 bits per heavy atom. The van der Waals surface area contributed by atoms with Crippen molar-refractivity contribution in [3.8, 4) is 0 Å². The molecule has 2 atom stereocenters. The summed E-state index contributed by atoms with van der Waals surface area (Å²) < 4.78 is 0. The second kappa shape index (κ2) is 2.76. The molecule has 5 heteroatoms. The minimum Gasteiger partial charge on any atom is -0.389 e. The van der Waals surface area contributed by atoms with Crippen molar-refractivity contribution in [1.82, 2.24) is 10.2 Å². The first-order valence-electron chi connectivity index (χ1n) is 3.88. The van der Waals surface area contributed by atoms with Crippen LogP contribution in [0.4, 0.5) is 5.82 Å². The third kappa shape index (κ3) is 1.17. The van der Waals surface area contributed by atoms with Gasteiger partial charge in [-0.25, -0.2) is 0 Å². The molecule has 5 nitrogen and oxygen atoms in total. The number of nitrogens with one attached hydrogen (secondary N) is 1. The molecule has 0 bridgehead atoms. The molecule has 2 rings (SSSR count). The second-order valence-corrected chi connectivity index (χ2v) is 2.98. The molecule has 1 aliphatic heterocycles. The van der Waals surface area contributed by atoms with E-state index in [2.05, 4.69) is 10.2 Å². The molecule has 1 saturated heterocycles. The number of nitrogens with zero attached hydrogens (tertiary/aromatic N) is 2. The molecule has 0 unspecified atom stereocenters. The van der Waals surface area contributed by atoms with Crippen molar-refractivity contribution in [3.63, 3.8) is 0 Å². The average Bonchev–Trinajstić information content (AvgIpc) is 2.61. The lowest BCUT2D eigenvalue weighted by Gasteiger charge is -2.13. The molecular formula is C7H11N3O2. The number of aromatic amines is 1. The van der Waals surface area contributed by atoms with E-state index in [1.54, 1.807) is 6.20 Å². The van der Waals surface area contributed by atoms with E-state index in [1.165, 1.54) is 0 Å². The Hall–Kier alpha value is -1.07. The number of β-amino-alcohol motifs (C(OH)–C–C–N with tert-alkyl or cyclic N) is 2. The molecule has 1 aromatic heterocycles. The summed E-state index contributed by atoms with van der Waals surface area (Å²) in [7, 11) is 0. The molecule has 3 N–H and O–H groups in total. The Morgan fingerprint density at radius 2 is 2.08 bits per heavy atom. The zero-order valence-electron chi connectivity index (χ0n) is 6.51. The largest absolute Gasteiger partial charge is 0.389 e. The van der Waals surface area contributed by atoms with Crippen LogP contribution >= 0.6 is 0 Å². The van der Waals surface area contributed by atoms with Gasteiger partial charge >= 0.3 is 0 Å². The molecule has 0 amide bonds. The van der Waals surface area contributed by atoms with Crippen LogP contribution in [-0.2, 0) is 0 Å². The van der Waals surface area contributed by atoms with Gasteiger partial charge in [0.2, 0.25) is 0 Å². The van der Waals surface area contributed by atoms with Gasteiger partial charge in [-0.3, -0.25) is 5.10 Å². The van der Waals surface area contributed by atoms with Crippen molar-refractivity contribution in [1.29, 1.82) is 0 Å². The second-order valence-electron chi connectivity index (χ2n) is 2.98. The third-order valence-electron chi connectivity index (χ3n) is 2.09. The van der Waals surface area contributed by atoms with Crippen LogP contribution < -0.4 is 4.90 Å².